The molecular formula is C13H16N2O4. The Hall–Kier alpha value is -2.24. The number of fused-ring (bicyclic) bond motifs is 1. The van der Waals surface area contributed by atoms with Gasteiger partial charge in [-0.05, 0) is 24.5 Å². The quantitative estimate of drug-likeness (QED) is 0.815. The summed E-state index contributed by atoms with van der Waals surface area (Å²) in [5, 5.41) is 8.95. The summed E-state index contributed by atoms with van der Waals surface area (Å²) in [5.74, 6) is -0.992. The van der Waals surface area contributed by atoms with Crippen molar-refractivity contribution in [2.75, 3.05) is 13.2 Å². The second-order valence-corrected chi connectivity index (χ2v) is 4.38. The minimum atomic E-state index is -0.992. The maximum atomic E-state index is 11.8. The maximum absolute atomic E-state index is 11.8. The number of amides is 1. The van der Waals surface area contributed by atoms with Gasteiger partial charge >= 0.3 is 12.1 Å². The Labute approximate surface area is 110 Å². The van der Waals surface area contributed by atoms with E-state index in [0.29, 0.717) is 13.1 Å². The Bertz CT molecular complexity index is 507. The summed E-state index contributed by atoms with van der Waals surface area (Å²) in [4.78, 5) is 27.2. The van der Waals surface area contributed by atoms with E-state index in [4.69, 9.17) is 9.84 Å². The largest absolute Gasteiger partial charge is 0.477 e. The number of nitrogens with one attached hydrogen (secondary N) is 1. The van der Waals surface area contributed by atoms with Crippen molar-refractivity contribution in [3.05, 3.63) is 35.7 Å². The number of carbonyl (C=O) groups is 2. The van der Waals surface area contributed by atoms with E-state index in [1.54, 1.807) is 11.0 Å². The molecule has 0 fully saturated rings. The summed E-state index contributed by atoms with van der Waals surface area (Å²) in [6, 6.07) is 1.58. The monoisotopic (exact) mass is 264 g/mol. The van der Waals surface area contributed by atoms with Gasteiger partial charge in [0.25, 0.3) is 0 Å². The molecule has 6 heteroatoms. The van der Waals surface area contributed by atoms with Crippen LogP contribution in [0, 0.1) is 0 Å². The van der Waals surface area contributed by atoms with E-state index >= 15 is 0 Å². The van der Waals surface area contributed by atoms with E-state index in [9.17, 15) is 9.59 Å². The molecule has 1 aliphatic rings. The standard InChI is InChI=1S/C13H16N2O4/c1-2-6-19-13(18)15-5-3-4-10-9(8-15)7-11(14-10)12(16)17/h2,7,14H,1,3-6,8H2,(H,16,17). The number of carboxylic acid groups (broad SMARTS) is 1. The highest BCUT2D eigenvalue weighted by Gasteiger charge is 2.22. The average molecular weight is 264 g/mol. The predicted octanol–water partition coefficient (Wildman–Crippen LogP) is 1.78. The van der Waals surface area contributed by atoms with Gasteiger partial charge in [0.15, 0.2) is 0 Å². The summed E-state index contributed by atoms with van der Waals surface area (Å²) in [7, 11) is 0. The fourth-order valence-electron chi connectivity index (χ4n) is 2.13. The van der Waals surface area contributed by atoms with Gasteiger partial charge in [0.1, 0.15) is 12.3 Å². The molecule has 1 aromatic heterocycles. The zero-order chi connectivity index (χ0) is 13.8. The Morgan fingerprint density at radius 1 is 1.58 bits per heavy atom. The third-order valence-electron chi connectivity index (χ3n) is 3.02. The molecule has 0 bridgehead atoms. The zero-order valence-electron chi connectivity index (χ0n) is 10.5. The van der Waals surface area contributed by atoms with Crippen LogP contribution >= 0.6 is 0 Å². The van der Waals surface area contributed by atoms with Gasteiger partial charge in [0.2, 0.25) is 0 Å². The van der Waals surface area contributed by atoms with Gasteiger partial charge in [-0.2, -0.15) is 0 Å². The minimum Gasteiger partial charge on any atom is -0.477 e. The smallest absolute Gasteiger partial charge is 0.410 e. The number of carbonyl (C=O) groups excluding carboxylic acids is 1. The second kappa shape index (κ2) is 5.60. The van der Waals surface area contributed by atoms with Crippen molar-refractivity contribution in [3.63, 3.8) is 0 Å². The van der Waals surface area contributed by atoms with Crippen molar-refractivity contribution < 1.29 is 19.4 Å². The molecule has 2 N–H and O–H groups in total. The molecular weight excluding hydrogens is 248 g/mol. The highest BCUT2D eigenvalue weighted by Crippen LogP contribution is 2.20. The van der Waals surface area contributed by atoms with Crippen molar-refractivity contribution in [2.45, 2.75) is 19.4 Å². The van der Waals surface area contributed by atoms with Crippen LogP contribution in [0.3, 0.4) is 0 Å². The normalized spacial score (nSPS) is 14.4. The van der Waals surface area contributed by atoms with Crippen molar-refractivity contribution >= 4 is 12.1 Å². The van der Waals surface area contributed by atoms with Gasteiger partial charge in [0, 0.05) is 12.2 Å². The number of aromatic carboxylic acids is 1. The number of aryl methyl sites for hydroxylation is 1. The van der Waals surface area contributed by atoms with Crippen LogP contribution in [0.2, 0.25) is 0 Å². The number of nitrogens with zero attached hydrogens (tertiary/aromatic N) is 1. The average Bonchev–Trinajstić information content (AvgIpc) is 2.68. The first-order valence-corrected chi connectivity index (χ1v) is 6.08. The first-order chi connectivity index (χ1) is 9.11. The summed E-state index contributed by atoms with van der Waals surface area (Å²) in [6.45, 7) is 4.63. The van der Waals surface area contributed by atoms with Crippen LogP contribution in [0.5, 0.6) is 0 Å². The molecule has 2 rings (SSSR count). The summed E-state index contributed by atoms with van der Waals surface area (Å²) >= 11 is 0. The number of hydrogen-bond acceptors (Lipinski definition) is 3. The van der Waals surface area contributed by atoms with Gasteiger partial charge in [-0.1, -0.05) is 12.7 Å². The van der Waals surface area contributed by atoms with Crippen molar-refractivity contribution in [3.8, 4) is 0 Å². The number of ether oxygens (including phenoxy) is 1. The van der Waals surface area contributed by atoms with Gasteiger partial charge in [0.05, 0.1) is 6.54 Å². The number of carboxylic acids is 1. The Morgan fingerprint density at radius 2 is 2.37 bits per heavy atom. The first kappa shape index (κ1) is 13.2. The fraction of sp³-hybridized carbons (Fsp3) is 0.385. The molecule has 0 unspecified atom stereocenters. The lowest BCUT2D eigenvalue weighted by atomic mass is 10.2. The predicted molar refractivity (Wildman–Crippen MR) is 68.0 cm³/mol. The number of hydrogen-bond donors (Lipinski definition) is 2. The minimum absolute atomic E-state index is 0.159. The summed E-state index contributed by atoms with van der Waals surface area (Å²) in [6.07, 6.45) is 2.62. The topological polar surface area (TPSA) is 82.6 Å². The van der Waals surface area contributed by atoms with Gasteiger partial charge in [-0.25, -0.2) is 9.59 Å². The summed E-state index contributed by atoms with van der Waals surface area (Å²) in [5.41, 5.74) is 1.88. The fourth-order valence-corrected chi connectivity index (χ4v) is 2.13. The Kier molecular flexibility index (Phi) is 3.89. The third-order valence-corrected chi connectivity index (χ3v) is 3.02. The molecule has 2 heterocycles. The van der Waals surface area contributed by atoms with Crippen molar-refractivity contribution in [1.29, 1.82) is 0 Å². The Morgan fingerprint density at radius 3 is 3.05 bits per heavy atom. The lowest BCUT2D eigenvalue weighted by Gasteiger charge is -2.19. The zero-order valence-corrected chi connectivity index (χ0v) is 10.5. The second-order valence-electron chi connectivity index (χ2n) is 4.38. The molecule has 19 heavy (non-hydrogen) atoms. The van der Waals surface area contributed by atoms with E-state index in [1.807, 2.05) is 0 Å². The van der Waals surface area contributed by atoms with E-state index in [-0.39, 0.29) is 12.3 Å². The maximum Gasteiger partial charge on any atom is 0.410 e. The number of H-pyrrole nitrogens is 1. The molecule has 1 aliphatic heterocycles. The Balaban J connectivity index is 2.12. The van der Waals surface area contributed by atoms with Crippen LogP contribution < -0.4 is 0 Å². The van der Waals surface area contributed by atoms with E-state index < -0.39 is 12.1 Å². The highest BCUT2D eigenvalue weighted by atomic mass is 16.6. The molecule has 1 aromatic rings. The van der Waals surface area contributed by atoms with Crippen LogP contribution in [0.1, 0.15) is 28.2 Å². The highest BCUT2D eigenvalue weighted by molar-refractivity contribution is 5.86. The molecule has 6 nitrogen and oxygen atoms in total. The lowest BCUT2D eigenvalue weighted by molar-refractivity contribution is 0.0691. The van der Waals surface area contributed by atoms with Crippen LogP contribution in [0.4, 0.5) is 4.79 Å². The number of aromatic amines is 1. The lowest BCUT2D eigenvalue weighted by Crippen LogP contribution is -2.31. The van der Waals surface area contributed by atoms with Crippen LogP contribution in [0.25, 0.3) is 0 Å². The number of rotatable bonds is 3. The van der Waals surface area contributed by atoms with Gasteiger partial charge in [-0.15, -0.1) is 0 Å². The molecule has 0 radical (unpaired) electrons. The SMILES string of the molecule is C=CCOC(=O)N1CCCc2[nH]c(C(=O)O)cc2C1. The molecule has 0 saturated heterocycles. The van der Waals surface area contributed by atoms with Crippen molar-refractivity contribution in [2.24, 2.45) is 0 Å². The molecule has 0 atom stereocenters. The molecule has 0 spiro atoms. The molecule has 1 amide bonds. The summed E-state index contributed by atoms with van der Waals surface area (Å²) < 4.78 is 5.00. The number of aromatic nitrogens is 1. The molecule has 0 aliphatic carbocycles. The first-order valence-electron chi connectivity index (χ1n) is 6.08. The van der Waals surface area contributed by atoms with Crippen molar-refractivity contribution in [1.82, 2.24) is 9.88 Å². The molecule has 102 valence electrons. The van der Waals surface area contributed by atoms with Crippen LogP contribution in [0.15, 0.2) is 18.7 Å². The van der Waals surface area contributed by atoms with E-state index in [0.717, 1.165) is 24.1 Å². The van der Waals surface area contributed by atoms with E-state index in [2.05, 4.69) is 11.6 Å². The molecule has 0 saturated carbocycles. The molecule has 0 aromatic carbocycles. The van der Waals surface area contributed by atoms with E-state index in [1.165, 1.54) is 6.08 Å². The van der Waals surface area contributed by atoms with Crippen LogP contribution in [-0.4, -0.2) is 40.2 Å². The van der Waals surface area contributed by atoms with Gasteiger partial charge < -0.3 is 19.7 Å². The van der Waals surface area contributed by atoms with Crippen LogP contribution in [-0.2, 0) is 17.7 Å². The van der Waals surface area contributed by atoms with Gasteiger partial charge in [-0.3, -0.25) is 0 Å². The third kappa shape index (κ3) is 2.96.